The third-order valence-electron chi connectivity index (χ3n) is 4.86. The van der Waals surface area contributed by atoms with Gasteiger partial charge in [-0.15, -0.1) is 0 Å². The van der Waals surface area contributed by atoms with E-state index in [1.165, 1.54) is 4.31 Å². The summed E-state index contributed by atoms with van der Waals surface area (Å²) in [5, 5.41) is 0. The number of carbonyl (C=O) groups excluding carboxylic acids is 1. The molecule has 1 amide bonds. The van der Waals surface area contributed by atoms with Crippen molar-refractivity contribution < 1.29 is 22.7 Å². The zero-order valence-corrected chi connectivity index (χ0v) is 17.5. The van der Waals surface area contributed by atoms with Gasteiger partial charge in [-0.25, -0.2) is 8.42 Å². The fraction of sp³-hybridized carbons (Fsp3) is 0.632. The molecular weight excluding hydrogens is 368 g/mol. The summed E-state index contributed by atoms with van der Waals surface area (Å²) in [5.41, 5.74) is 2.13. The normalized spacial score (nSPS) is 14.2. The van der Waals surface area contributed by atoms with Crippen LogP contribution in [0.4, 0.5) is 0 Å². The molecule has 0 saturated carbocycles. The third kappa shape index (κ3) is 5.59. The van der Waals surface area contributed by atoms with Crippen molar-refractivity contribution in [2.75, 3.05) is 40.1 Å². The first-order chi connectivity index (χ1) is 12.8. The molecule has 1 aliphatic heterocycles. The number of sulfonamides is 1. The maximum Gasteiger partial charge on any atom is 0.238 e. The summed E-state index contributed by atoms with van der Waals surface area (Å²) in [6, 6.07) is 3.84. The van der Waals surface area contributed by atoms with Crippen molar-refractivity contribution in [2.24, 2.45) is 0 Å². The van der Waals surface area contributed by atoms with E-state index >= 15 is 0 Å². The van der Waals surface area contributed by atoms with Crippen LogP contribution in [0, 0.1) is 0 Å². The van der Waals surface area contributed by atoms with Crippen LogP contribution in [-0.4, -0.2) is 63.6 Å². The second-order valence-electron chi connectivity index (χ2n) is 6.84. The van der Waals surface area contributed by atoms with Crippen LogP contribution in [0.1, 0.15) is 37.3 Å². The molecule has 2 rings (SSSR count). The average molecular weight is 399 g/mol. The molecule has 7 nitrogen and oxygen atoms in total. The molecule has 8 heteroatoms. The van der Waals surface area contributed by atoms with E-state index in [4.69, 9.17) is 9.47 Å². The van der Waals surface area contributed by atoms with Gasteiger partial charge in [0.1, 0.15) is 0 Å². The Bertz CT molecular complexity index is 764. The number of methoxy groups -OCH3 is 2. The van der Waals surface area contributed by atoms with Crippen LogP contribution < -0.4 is 9.47 Å². The van der Waals surface area contributed by atoms with Crippen molar-refractivity contribution in [3.8, 4) is 11.5 Å². The molecule has 0 radical (unpaired) electrons. The predicted octanol–water partition coefficient (Wildman–Crippen LogP) is 2.04. The van der Waals surface area contributed by atoms with Crippen LogP contribution in [0.15, 0.2) is 12.1 Å². The van der Waals surface area contributed by atoms with Gasteiger partial charge in [0.05, 0.1) is 27.0 Å². The number of carbonyl (C=O) groups is 1. The van der Waals surface area contributed by atoms with E-state index < -0.39 is 10.0 Å². The van der Waals surface area contributed by atoms with Gasteiger partial charge in [0.2, 0.25) is 15.9 Å². The van der Waals surface area contributed by atoms with Gasteiger partial charge in [0.15, 0.2) is 11.5 Å². The minimum atomic E-state index is -3.41. The molecule has 152 valence electrons. The highest BCUT2D eigenvalue weighted by molar-refractivity contribution is 7.88. The molecule has 0 N–H and O–H groups in total. The van der Waals surface area contributed by atoms with Gasteiger partial charge >= 0.3 is 0 Å². The molecule has 0 unspecified atom stereocenters. The van der Waals surface area contributed by atoms with E-state index in [1.807, 2.05) is 12.1 Å². The molecule has 0 saturated heterocycles. The predicted molar refractivity (Wildman–Crippen MR) is 105 cm³/mol. The van der Waals surface area contributed by atoms with Crippen LogP contribution >= 0.6 is 0 Å². The number of hydrogen-bond acceptors (Lipinski definition) is 5. The van der Waals surface area contributed by atoms with Gasteiger partial charge in [-0.2, -0.15) is 4.31 Å². The Morgan fingerprint density at radius 1 is 1.15 bits per heavy atom. The first kappa shape index (κ1) is 21.5. The van der Waals surface area contributed by atoms with Crippen molar-refractivity contribution >= 4 is 15.9 Å². The van der Waals surface area contributed by atoms with E-state index in [0.29, 0.717) is 37.6 Å². The lowest BCUT2D eigenvalue weighted by Crippen LogP contribution is -2.44. The van der Waals surface area contributed by atoms with E-state index in [2.05, 4.69) is 6.92 Å². The molecule has 27 heavy (non-hydrogen) atoms. The average Bonchev–Trinajstić information content (AvgIpc) is 2.64. The van der Waals surface area contributed by atoms with Crippen molar-refractivity contribution in [2.45, 2.75) is 39.2 Å². The Morgan fingerprint density at radius 3 is 2.33 bits per heavy atom. The topological polar surface area (TPSA) is 76.2 Å². The second-order valence-corrected chi connectivity index (χ2v) is 8.83. The molecule has 1 heterocycles. The highest BCUT2D eigenvalue weighted by Crippen LogP contribution is 2.33. The first-order valence-electron chi connectivity index (χ1n) is 9.26. The monoisotopic (exact) mass is 398 g/mol. The summed E-state index contributed by atoms with van der Waals surface area (Å²) >= 11 is 0. The Hall–Kier alpha value is -1.80. The lowest BCUT2D eigenvalue weighted by atomic mass is 9.98. The molecule has 1 aromatic rings. The van der Waals surface area contributed by atoms with Gasteiger partial charge in [-0.05, 0) is 36.1 Å². The smallest absolute Gasteiger partial charge is 0.238 e. The summed E-state index contributed by atoms with van der Waals surface area (Å²) in [6.07, 6.45) is 4.57. The van der Waals surface area contributed by atoms with Crippen LogP contribution in [0.2, 0.25) is 0 Å². The molecule has 0 aromatic heterocycles. The molecule has 0 atom stereocenters. The summed E-state index contributed by atoms with van der Waals surface area (Å²) in [5.74, 6) is 1.13. The zero-order valence-electron chi connectivity index (χ0n) is 16.7. The highest BCUT2D eigenvalue weighted by Gasteiger charge is 2.26. The number of unbranched alkanes of at least 4 members (excludes halogenated alkanes) is 2. The summed E-state index contributed by atoms with van der Waals surface area (Å²) in [4.78, 5) is 14.5. The van der Waals surface area contributed by atoms with E-state index in [0.717, 1.165) is 36.6 Å². The Balaban J connectivity index is 2.09. The maximum absolute atomic E-state index is 12.7. The number of benzene rings is 1. The Kier molecular flexibility index (Phi) is 7.49. The summed E-state index contributed by atoms with van der Waals surface area (Å²) in [7, 11) is -0.232. The quantitative estimate of drug-likeness (QED) is 0.595. The third-order valence-corrected chi connectivity index (χ3v) is 6.11. The molecule has 0 aliphatic carbocycles. The van der Waals surface area contributed by atoms with Gasteiger partial charge in [0, 0.05) is 19.6 Å². The van der Waals surface area contributed by atoms with Gasteiger partial charge in [-0.3, -0.25) is 4.79 Å². The largest absolute Gasteiger partial charge is 0.493 e. The second kappa shape index (κ2) is 9.41. The molecule has 0 bridgehead atoms. The SMILES string of the molecule is CCCCCN(CC(=O)N1CCc2cc(OC)c(OC)cc2C1)S(C)(=O)=O. The summed E-state index contributed by atoms with van der Waals surface area (Å²) in [6.45, 7) is 3.35. The van der Waals surface area contributed by atoms with Gasteiger partial charge in [0.25, 0.3) is 0 Å². The number of rotatable bonds is 9. The lowest BCUT2D eigenvalue weighted by Gasteiger charge is -2.31. The highest BCUT2D eigenvalue weighted by atomic mass is 32.2. The fourth-order valence-corrected chi connectivity index (χ4v) is 4.05. The molecule has 1 aliphatic rings. The van der Waals surface area contributed by atoms with Crippen LogP contribution in [0.5, 0.6) is 11.5 Å². The van der Waals surface area contributed by atoms with Crippen molar-refractivity contribution in [1.82, 2.24) is 9.21 Å². The van der Waals surface area contributed by atoms with E-state index in [1.54, 1.807) is 19.1 Å². The number of nitrogens with zero attached hydrogens (tertiary/aromatic N) is 2. The van der Waals surface area contributed by atoms with Crippen LogP contribution in [0.3, 0.4) is 0 Å². The number of amides is 1. The lowest BCUT2D eigenvalue weighted by molar-refractivity contribution is -0.132. The van der Waals surface area contributed by atoms with Crippen molar-refractivity contribution in [1.29, 1.82) is 0 Å². The number of fused-ring (bicyclic) bond motifs is 1. The fourth-order valence-electron chi connectivity index (χ4n) is 3.25. The maximum atomic E-state index is 12.7. The Labute approximate surface area is 162 Å². The summed E-state index contributed by atoms with van der Waals surface area (Å²) < 4.78 is 36.0. The molecule has 1 aromatic carbocycles. The molecular formula is C19H30N2O5S. The van der Waals surface area contributed by atoms with E-state index in [-0.39, 0.29) is 12.5 Å². The van der Waals surface area contributed by atoms with Gasteiger partial charge in [-0.1, -0.05) is 19.8 Å². The number of ether oxygens (including phenoxy) is 2. The van der Waals surface area contributed by atoms with Crippen molar-refractivity contribution in [3.63, 3.8) is 0 Å². The standard InChI is InChI=1S/C19H30N2O5S/c1-5-6-7-9-21(27(4,23)24)14-19(22)20-10-8-15-11-17(25-2)18(26-3)12-16(15)13-20/h11-12H,5-10,13-14H2,1-4H3. The van der Waals surface area contributed by atoms with Crippen LogP contribution in [-0.2, 0) is 27.8 Å². The minimum Gasteiger partial charge on any atom is -0.493 e. The molecule has 0 fully saturated rings. The van der Waals surface area contributed by atoms with Crippen molar-refractivity contribution in [3.05, 3.63) is 23.3 Å². The first-order valence-corrected chi connectivity index (χ1v) is 11.1. The zero-order chi connectivity index (χ0) is 20.0. The number of hydrogen-bond donors (Lipinski definition) is 0. The Morgan fingerprint density at radius 2 is 1.78 bits per heavy atom. The van der Waals surface area contributed by atoms with Gasteiger partial charge < -0.3 is 14.4 Å². The molecule has 0 spiro atoms. The van der Waals surface area contributed by atoms with E-state index in [9.17, 15) is 13.2 Å². The van der Waals surface area contributed by atoms with Crippen LogP contribution in [0.25, 0.3) is 0 Å². The minimum absolute atomic E-state index is 0.106.